The third kappa shape index (κ3) is 3.28. The molecule has 1 unspecified atom stereocenters. The molecule has 0 N–H and O–H groups in total. The molecule has 3 aromatic carbocycles. The average Bonchev–Trinajstić information content (AvgIpc) is 3.17. The third-order valence-electron chi connectivity index (χ3n) is 6.40. The third-order valence-corrected chi connectivity index (χ3v) is 7.39. The molecule has 33 heavy (non-hydrogen) atoms. The molecule has 0 fully saturated rings. The van der Waals surface area contributed by atoms with Crippen LogP contribution in [0.5, 0.6) is 5.75 Å². The maximum absolute atomic E-state index is 13.7. The lowest BCUT2D eigenvalue weighted by atomic mass is 9.83. The zero-order valence-electron chi connectivity index (χ0n) is 18.2. The molecule has 1 atom stereocenters. The summed E-state index contributed by atoms with van der Waals surface area (Å²) < 4.78 is 8.29. The highest BCUT2D eigenvalue weighted by molar-refractivity contribution is 7.07. The molecule has 4 nitrogen and oxygen atoms in total. The van der Waals surface area contributed by atoms with Crippen LogP contribution in [0.1, 0.15) is 34.7 Å². The predicted octanol–water partition coefficient (Wildman–Crippen LogP) is 4.33. The molecule has 5 heteroatoms. The molecule has 2 heterocycles. The molecule has 0 amide bonds. The van der Waals surface area contributed by atoms with Gasteiger partial charge >= 0.3 is 0 Å². The Kier molecular flexibility index (Phi) is 4.84. The van der Waals surface area contributed by atoms with Gasteiger partial charge in [-0.1, -0.05) is 84.1 Å². The summed E-state index contributed by atoms with van der Waals surface area (Å²) in [5.74, 6) is 0.785. The summed E-state index contributed by atoms with van der Waals surface area (Å²) in [6.07, 6.45) is 3.76. The summed E-state index contributed by atoms with van der Waals surface area (Å²) in [6, 6.07) is 26.2. The number of methoxy groups -OCH3 is 1. The smallest absolute Gasteiger partial charge is 0.271 e. The van der Waals surface area contributed by atoms with Crippen LogP contribution in [0.15, 0.2) is 94.2 Å². The molecule has 0 spiro atoms. The van der Waals surface area contributed by atoms with E-state index in [0.717, 1.165) is 40.2 Å². The minimum atomic E-state index is -0.237. The van der Waals surface area contributed by atoms with Crippen molar-refractivity contribution in [1.82, 2.24) is 4.57 Å². The van der Waals surface area contributed by atoms with Crippen molar-refractivity contribution in [2.45, 2.75) is 18.9 Å². The van der Waals surface area contributed by atoms with E-state index in [9.17, 15) is 4.79 Å². The normalized spacial score (nSPS) is 17.1. The minimum absolute atomic E-state index is 0.0103. The van der Waals surface area contributed by atoms with E-state index < -0.39 is 0 Å². The molecular formula is C28H22N2O2S. The van der Waals surface area contributed by atoms with Crippen LogP contribution >= 0.6 is 11.3 Å². The monoisotopic (exact) mass is 450 g/mol. The second-order valence-electron chi connectivity index (χ2n) is 8.27. The molecule has 2 aliphatic rings. The van der Waals surface area contributed by atoms with Crippen molar-refractivity contribution in [2.75, 3.05) is 7.11 Å². The van der Waals surface area contributed by atoms with Crippen molar-refractivity contribution in [3.63, 3.8) is 0 Å². The lowest BCUT2D eigenvalue weighted by molar-refractivity contribution is 0.402. The molecule has 6 rings (SSSR count). The highest BCUT2D eigenvalue weighted by Gasteiger charge is 2.33. The van der Waals surface area contributed by atoms with Gasteiger partial charge in [-0.25, -0.2) is 4.99 Å². The topological polar surface area (TPSA) is 43.6 Å². The van der Waals surface area contributed by atoms with Gasteiger partial charge in [0.25, 0.3) is 5.56 Å². The molecule has 0 saturated carbocycles. The van der Waals surface area contributed by atoms with Crippen LogP contribution in [0.4, 0.5) is 0 Å². The largest absolute Gasteiger partial charge is 0.496 e. The summed E-state index contributed by atoms with van der Waals surface area (Å²) in [5.41, 5.74) is 6.64. The molecule has 1 aromatic heterocycles. The predicted molar refractivity (Wildman–Crippen MR) is 132 cm³/mol. The first-order valence-corrected chi connectivity index (χ1v) is 11.9. The fraction of sp³-hybridized carbons (Fsp3) is 0.143. The summed E-state index contributed by atoms with van der Waals surface area (Å²) in [5, 5.41) is 0. The maximum atomic E-state index is 13.7. The number of aromatic nitrogens is 1. The number of aryl methyl sites for hydroxylation is 1. The Balaban J connectivity index is 1.66. The zero-order chi connectivity index (χ0) is 22.4. The Hall–Kier alpha value is -3.70. The Bertz CT molecular complexity index is 1580. The molecule has 0 bridgehead atoms. The van der Waals surface area contributed by atoms with Crippen LogP contribution in [0, 0.1) is 0 Å². The minimum Gasteiger partial charge on any atom is -0.496 e. The van der Waals surface area contributed by atoms with Crippen molar-refractivity contribution in [3.8, 4) is 5.75 Å². The van der Waals surface area contributed by atoms with E-state index in [1.165, 1.54) is 28.0 Å². The summed E-state index contributed by atoms with van der Waals surface area (Å²) in [6.45, 7) is 0. The van der Waals surface area contributed by atoms with Gasteiger partial charge in [0.05, 0.1) is 23.4 Å². The maximum Gasteiger partial charge on any atom is 0.271 e. The van der Waals surface area contributed by atoms with Gasteiger partial charge in [-0.15, -0.1) is 0 Å². The molecular weight excluding hydrogens is 428 g/mol. The number of rotatable bonds is 3. The Morgan fingerprint density at radius 2 is 1.73 bits per heavy atom. The number of hydrogen-bond acceptors (Lipinski definition) is 4. The van der Waals surface area contributed by atoms with Crippen LogP contribution in [0.25, 0.3) is 11.8 Å². The second kappa shape index (κ2) is 8.01. The van der Waals surface area contributed by atoms with Crippen molar-refractivity contribution >= 4 is 23.1 Å². The molecule has 162 valence electrons. The van der Waals surface area contributed by atoms with Gasteiger partial charge in [0.15, 0.2) is 4.80 Å². The number of nitrogens with zero attached hydrogens (tertiary/aromatic N) is 2. The number of hydrogen-bond donors (Lipinski definition) is 0. The quantitative estimate of drug-likeness (QED) is 0.466. The Morgan fingerprint density at radius 1 is 0.970 bits per heavy atom. The fourth-order valence-corrected chi connectivity index (χ4v) is 5.89. The number of benzene rings is 3. The van der Waals surface area contributed by atoms with Gasteiger partial charge in [-0.3, -0.25) is 9.36 Å². The number of ether oxygens (including phenoxy) is 1. The summed E-state index contributed by atoms with van der Waals surface area (Å²) >= 11 is 1.45. The highest BCUT2D eigenvalue weighted by Crippen LogP contribution is 2.43. The van der Waals surface area contributed by atoms with Crippen LogP contribution < -0.4 is 19.6 Å². The molecule has 0 radical (unpaired) electrons. The van der Waals surface area contributed by atoms with E-state index >= 15 is 0 Å². The van der Waals surface area contributed by atoms with E-state index in [1.54, 1.807) is 7.11 Å². The van der Waals surface area contributed by atoms with Gasteiger partial charge in [0.1, 0.15) is 5.75 Å². The van der Waals surface area contributed by atoms with Crippen LogP contribution in [-0.2, 0) is 6.42 Å². The SMILES string of the molecule is COc1ccccc1C1C2=C(N=c3sc(=Cc4ccccc4)c(=O)n31)c1ccccc1CC2. The van der Waals surface area contributed by atoms with Crippen molar-refractivity contribution in [2.24, 2.45) is 4.99 Å². The molecule has 0 saturated heterocycles. The van der Waals surface area contributed by atoms with E-state index in [4.69, 9.17) is 9.73 Å². The van der Waals surface area contributed by atoms with E-state index in [-0.39, 0.29) is 11.6 Å². The Labute approximate surface area is 195 Å². The van der Waals surface area contributed by atoms with E-state index in [2.05, 4.69) is 30.3 Å². The number of para-hydroxylation sites is 1. The van der Waals surface area contributed by atoms with Crippen LogP contribution in [-0.4, -0.2) is 11.7 Å². The Morgan fingerprint density at radius 3 is 2.58 bits per heavy atom. The first-order valence-electron chi connectivity index (χ1n) is 11.1. The van der Waals surface area contributed by atoms with Gasteiger partial charge in [0, 0.05) is 11.1 Å². The first-order chi connectivity index (χ1) is 16.2. The second-order valence-corrected chi connectivity index (χ2v) is 9.28. The number of thiazole rings is 1. The van der Waals surface area contributed by atoms with Crippen molar-refractivity contribution < 1.29 is 4.74 Å². The first kappa shape index (κ1) is 19.9. The highest BCUT2D eigenvalue weighted by atomic mass is 32.1. The lowest BCUT2D eigenvalue weighted by Crippen LogP contribution is -2.38. The standard InChI is InChI=1S/C28H22N2O2S/c1-32-23-14-8-7-13-21(23)26-22-16-15-19-11-5-6-12-20(19)25(22)29-28-30(26)27(31)24(33-28)17-18-9-3-2-4-10-18/h2-14,17,26H,15-16H2,1H3. The molecule has 1 aliphatic heterocycles. The molecule has 1 aliphatic carbocycles. The summed E-state index contributed by atoms with van der Waals surface area (Å²) in [7, 11) is 1.68. The van der Waals surface area contributed by atoms with Gasteiger partial charge < -0.3 is 4.74 Å². The van der Waals surface area contributed by atoms with E-state index in [1.807, 2.05) is 59.2 Å². The van der Waals surface area contributed by atoms with Crippen LogP contribution in [0.2, 0.25) is 0 Å². The number of allylic oxidation sites excluding steroid dienone is 1. The number of fused-ring (bicyclic) bond motifs is 3. The van der Waals surface area contributed by atoms with Crippen molar-refractivity contribution in [1.29, 1.82) is 0 Å². The van der Waals surface area contributed by atoms with E-state index in [0.29, 0.717) is 4.53 Å². The van der Waals surface area contributed by atoms with Crippen LogP contribution in [0.3, 0.4) is 0 Å². The fourth-order valence-electron chi connectivity index (χ4n) is 4.89. The zero-order valence-corrected chi connectivity index (χ0v) is 19.0. The molecule has 4 aromatic rings. The van der Waals surface area contributed by atoms with Crippen molar-refractivity contribution in [3.05, 3.63) is 126 Å². The summed E-state index contributed by atoms with van der Waals surface area (Å²) in [4.78, 5) is 19.5. The van der Waals surface area contributed by atoms with Gasteiger partial charge in [-0.2, -0.15) is 0 Å². The lowest BCUT2D eigenvalue weighted by Gasteiger charge is -2.31. The average molecular weight is 451 g/mol. The van der Waals surface area contributed by atoms with Gasteiger partial charge in [-0.05, 0) is 41.7 Å². The van der Waals surface area contributed by atoms with Gasteiger partial charge in [0.2, 0.25) is 0 Å².